The SMILES string of the molecule is CC(C)n1c(=O)[nH]c2cc(C(N)CCC(=O)O)ccc21. The maximum absolute atomic E-state index is 11.9. The predicted molar refractivity (Wildman–Crippen MR) is 76.7 cm³/mol. The van der Waals surface area contributed by atoms with E-state index in [4.69, 9.17) is 10.8 Å². The van der Waals surface area contributed by atoms with Crippen LogP contribution in [-0.4, -0.2) is 20.6 Å². The zero-order valence-electron chi connectivity index (χ0n) is 11.6. The molecule has 0 aliphatic carbocycles. The van der Waals surface area contributed by atoms with Crippen molar-refractivity contribution in [1.29, 1.82) is 0 Å². The van der Waals surface area contributed by atoms with E-state index in [0.717, 1.165) is 16.6 Å². The number of nitrogens with one attached hydrogen (secondary N) is 1. The normalized spacial score (nSPS) is 13.0. The average molecular weight is 277 g/mol. The molecule has 0 radical (unpaired) electrons. The number of imidazole rings is 1. The van der Waals surface area contributed by atoms with Crippen LogP contribution >= 0.6 is 0 Å². The maximum Gasteiger partial charge on any atom is 0.326 e. The molecule has 1 aromatic carbocycles. The summed E-state index contributed by atoms with van der Waals surface area (Å²) < 4.78 is 1.68. The van der Waals surface area contributed by atoms with Gasteiger partial charge < -0.3 is 15.8 Å². The Morgan fingerprint density at radius 1 is 1.45 bits per heavy atom. The number of hydrogen-bond donors (Lipinski definition) is 3. The summed E-state index contributed by atoms with van der Waals surface area (Å²) in [4.78, 5) is 25.2. The maximum atomic E-state index is 11.9. The van der Waals surface area contributed by atoms with E-state index in [0.29, 0.717) is 6.42 Å². The number of hydrogen-bond acceptors (Lipinski definition) is 3. The van der Waals surface area contributed by atoms with Crippen LogP contribution in [0, 0.1) is 0 Å². The molecule has 0 spiro atoms. The lowest BCUT2D eigenvalue weighted by Gasteiger charge is -2.11. The number of carbonyl (C=O) groups is 1. The summed E-state index contributed by atoms with van der Waals surface area (Å²) in [6.45, 7) is 3.89. The summed E-state index contributed by atoms with van der Waals surface area (Å²) >= 11 is 0. The lowest BCUT2D eigenvalue weighted by Crippen LogP contribution is -2.18. The van der Waals surface area contributed by atoms with Gasteiger partial charge in [-0.2, -0.15) is 0 Å². The minimum Gasteiger partial charge on any atom is -0.481 e. The van der Waals surface area contributed by atoms with Gasteiger partial charge in [0.1, 0.15) is 0 Å². The van der Waals surface area contributed by atoms with E-state index < -0.39 is 5.97 Å². The Morgan fingerprint density at radius 2 is 2.15 bits per heavy atom. The molecule has 0 bridgehead atoms. The fraction of sp³-hybridized carbons (Fsp3) is 0.429. The molecule has 2 rings (SSSR count). The number of aromatic amines is 1. The highest BCUT2D eigenvalue weighted by molar-refractivity contribution is 5.76. The van der Waals surface area contributed by atoms with E-state index >= 15 is 0 Å². The minimum atomic E-state index is -0.860. The smallest absolute Gasteiger partial charge is 0.326 e. The molecule has 0 amide bonds. The molecular formula is C14H19N3O3. The molecule has 1 aromatic heterocycles. The molecule has 0 fully saturated rings. The van der Waals surface area contributed by atoms with Gasteiger partial charge in [0, 0.05) is 18.5 Å². The predicted octanol–water partition coefficient (Wildman–Crippen LogP) is 1.78. The third kappa shape index (κ3) is 2.75. The van der Waals surface area contributed by atoms with Crippen LogP contribution in [0.3, 0.4) is 0 Å². The molecule has 2 aromatic rings. The van der Waals surface area contributed by atoms with E-state index in [1.54, 1.807) is 4.57 Å². The van der Waals surface area contributed by atoms with E-state index in [1.807, 2.05) is 32.0 Å². The fourth-order valence-electron chi connectivity index (χ4n) is 2.34. The van der Waals surface area contributed by atoms with Crippen LogP contribution in [0.25, 0.3) is 11.0 Å². The Balaban J connectivity index is 2.35. The van der Waals surface area contributed by atoms with Gasteiger partial charge >= 0.3 is 11.7 Å². The molecule has 0 aliphatic heterocycles. The van der Waals surface area contributed by atoms with Crippen LogP contribution in [0.5, 0.6) is 0 Å². The number of fused-ring (bicyclic) bond motifs is 1. The summed E-state index contributed by atoms with van der Waals surface area (Å²) in [6, 6.07) is 5.25. The minimum absolute atomic E-state index is 0.0305. The van der Waals surface area contributed by atoms with Gasteiger partial charge in [-0.1, -0.05) is 6.07 Å². The van der Waals surface area contributed by atoms with Crippen LogP contribution in [0.2, 0.25) is 0 Å². The van der Waals surface area contributed by atoms with E-state index in [9.17, 15) is 9.59 Å². The van der Waals surface area contributed by atoms with Crippen LogP contribution in [0.1, 0.15) is 44.3 Å². The second kappa shape index (κ2) is 5.50. The molecule has 108 valence electrons. The first-order valence-corrected chi connectivity index (χ1v) is 6.61. The largest absolute Gasteiger partial charge is 0.481 e. The molecule has 0 saturated carbocycles. The molecular weight excluding hydrogens is 258 g/mol. The number of aromatic nitrogens is 2. The van der Waals surface area contributed by atoms with Crippen molar-refractivity contribution in [3.63, 3.8) is 0 Å². The van der Waals surface area contributed by atoms with Crippen molar-refractivity contribution in [2.45, 2.75) is 38.8 Å². The van der Waals surface area contributed by atoms with E-state index in [2.05, 4.69) is 4.98 Å². The van der Waals surface area contributed by atoms with Crippen molar-refractivity contribution in [1.82, 2.24) is 9.55 Å². The number of benzene rings is 1. The second-order valence-corrected chi connectivity index (χ2v) is 5.21. The highest BCUT2D eigenvalue weighted by Gasteiger charge is 2.13. The summed E-state index contributed by atoms with van der Waals surface area (Å²) in [5.41, 5.74) is 8.22. The molecule has 1 heterocycles. The molecule has 6 heteroatoms. The molecule has 0 saturated heterocycles. The third-order valence-corrected chi connectivity index (χ3v) is 3.35. The lowest BCUT2D eigenvalue weighted by atomic mass is 10.0. The van der Waals surface area contributed by atoms with Crippen LogP contribution in [0.4, 0.5) is 0 Å². The third-order valence-electron chi connectivity index (χ3n) is 3.35. The molecule has 1 atom stereocenters. The van der Waals surface area contributed by atoms with Crippen molar-refractivity contribution in [2.75, 3.05) is 0 Å². The number of carboxylic acids is 1. The standard InChI is InChI=1S/C14H19N3O3/c1-8(2)17-12-5-3-9(7-11(12)16-14(17)20)10(15)4-6-13(18)19/h3,5,7-8,10H,4,6,15H2,1-2H3,(H,16,20)(H,18,19). The van der Waals surface area contributed by atoms with Gasteiger partial charge in [0.15, 0.2) is 0 Å². The van der Waals surface area contributed by atoms with E-state index in [1.165, 1.54) is 0 Å². The number of nitrogens with two attached hydrogens (primary N) is 1. The Hall–Kier alpha value is -2.08. The number of H-pyrrole nitrogens is 1. The first-order chi connectivity index (χ1) is 9.40. The molecule has 0 aliphatic rings. The number of carboxylic acid groups (broad SMARTS) is 1. The average Bonchev–Trinajstić information content (AvgIpc) is 2.70. The highest BCUT2D eigenvalue weighted by Crippen LogP contribution is 2.21. The fourth-order valence-corrected chi connectivity index (χ4v) is 2.34. The quantitative estimate of drug-likeness (QED) is 0.775. The Morgan fingerprint density at radius 3 is 2.75 bits per heavy atom. The highest BCUT2D eigenvalue weighted by atomic mass is 16.4. The van der Waals surface area contributed by atoms with Gasteiger partial charge in [0.2, 0.25) is 0 Å². The second-order valence-electron chi connectivity index (χ2n) is 5.21. The molecule has 1 unspecified atom stereocenters. The number of nitrogens with zero attached hydrogens (tertiary/aromatic N) is 1. The van der Waals surface area contributed by atoms with Crippen molar-refractivity contribution in [2.24, 2.45) is 5.73 Å². The Bertz CT molecular complexity index is 685. The Labute approximate surface area is 116 Å². The summed E-state index contributed by atoms with van der Waals surface area (Å²) in [5.74, 6) is -0.860. The molecule has 4 N–H and O–H groups in total. The first-order valence-electron chi connectivity index (χ1n) is 6.61. The monoisotopic (exact) mass is 277 g/mol. The molecule has 6 nitrogen and oxygen atoms in total. The summed E-state index contributed by atoms with van der Waals surface area (Å²) in [6.07, 6.45) is 0.401. The topological polar surface area (TPSA) is 101 Å². The molecule has 20 heavy (non-hydrogen) atoms. The lowest BCUT2D eigenvalue weighted by molar-refractivity contribution is -0.137. The van der Waals surface area contributed by atoms with Crippen molar-refractivity contribution >= 4 is 17.0 Å². The van der Waals surface area contributed by atoms with Gasteiger partial charge in [-0.3, -0.25) is 9.36 Å². The van der Waals surface area contributed by atoms with Crippen LogP contribution in [-0.2, 0) is 4.79 Å². The van der Waals surface area contributed by atoms with Gasteiger partial charge in [0.05, 0.1) is 11.0 Å². The van der Waals surface area contributed by atoms with Crippen molar-refractivity contribution in [3.8, 4) is 0 Å². The van der Waals surface area contributed by atoms with Gasteiger partial charge in [-0.25, -0.2) is 4.79 Å². The number of rotatable bonds is 5. The summed E-state index contributed by atoms with van der Waals surface area (Å²) in [5, 5.41) is 8.68. The van der Waals surface area contributed by atoms with Crippen LogP contribution in [0.15, 0.2) is 23.0 Å². The first kappa shape index (κ1) is 14.3. The van der Waals surface area contributed by atoms with Crippen molar-refractivity contribution < 1.29 is 9.90 Å². The zero-order valence-corrected chi connectivity index (χ0v) is 11.6. The zero-order chi connectivity index (χ0) is 14.9. The summed E-state index contributed by atoms with van der Waals surface area (Å²) in [7, 11) is 0. The van der Waals surface area contributed by atoms with Gasteiger partial charge in [0.25, 0.3) is 0 Å². The van der Waals surface area contributed by atoms with Gasteiger partial charge in [-0.05, 0) is 38.0 Å². The van der Waals surface area contributed by atoms with Crippen molar-refractivity contribution in [3.05, 3.63) is 34.2 Å². The Kier molecular flexibility index (Phi) is 3.94. The van der Waals surface area contributed by atoms with Crippen LogP contribution < -0.4 is 11.4 Å². The van der Waals surface area contributed by atoms with E-state index in [-0.39, 0.29) is 24.2 Å². The number of aliphatic carboxylic acids is 1. The van der Waals surface area contributed by atoms with Gasteiger partial charge in [-0.15, -0.1) is 0 Å².